The van der Waals surface area contributed by atoms with Gasteiger partial charge in [-0.3, -0.25) is 0 Å². The molecule has 0 aromatic heterocycles. The van der Waals surface area contributed by atoms with Gasteiger partial charge in [0.2, 0.25) is 0 Å². The molecule has 0 radical (unpaired) electrons. The first kappa shape index (κ1) is 13.8. The molecule has 17 heavy (non-hydrogen) atoms. The Kier molecular flexibility index (Phi) is 5.25. The van der Waals surface area contributed by atoms with Gasteiger partial charge in [-0.1, -0.05) is 20.3 Å². The van der Waals surface area contributed by atoms with E-state index in [1.807, 2.05) is 0 Å². The third-order valence-electron chi connectivity index (χ3n) is 3.27. The van der Waals surface area contributed by atoms with Crippen LogP contribution in [0.2, 0.25) is 0 Å². The summed E-state index contributed by atoms with van der Waals surface area (Å²) in [6.45, 7) is 5.39. The van der Waals surface area contributed by atoms with Gasteiger partial charge >= 0.3 is 12.0 Å². The van der Waals surface area contributed by atoms with E-state index in [1.165, 1.54) is 0 Å². The molecule has 0 bridgehead atoms. The molecule has 1 aliphatic rings. The van der Waals surface area contributed by atoms with E-state index in [9.17, 15) is 9.59 Å². The van der Waals surface area contributed by atoms with Gasteiger partial charge in [0.25, 0.3) is 0 Å². The maximum atomic E-state index is 11.8. The largest absolute Gasteiger partial charge is 0.480 e. The van der Waals surface area contributed by atoms with Crippen molar-refractivity contribution >= 4 is 12.0 Å². The van der Waals surface area contributed by atoms with Crippen LogP contribution in [-0.2, 0) is 4.79 Å². The Labute approximate surface area is 102 Å². The molecule has 0 aromatic rings. The van der Waals surface area contributed by atoms with E-state index in [-0.39, 0.29) is 6.03 Å². The van der Waals surface area contributed by atoms with Gasteiger partial charge in [-0.05, 0) is 25.2 Å². The Hall–Kier alpha value is -1.26. The van der Waals surface area contributed by atoms with Crippen LogP contribution in [0, 0.1) is 5.92 Å². The van der Waals surface area contributed by atoms with Crippen molar-refractivity contribution in [1.29, 1.82) is 0 Å². The second kappa shape index (κ2) is 6.47. The third kappa shape index (κ3) is 3.91. The van der Waals surface area contributed by atoms with Gasteiger partial charge in [-0.2, -0.15) is 0 Å². The van der Waals surface area contributed by atoms with E-state index in [4.69, 9.17) is 5.11 Å². The third-order valence-corrected chi connectivity index (χ3v) is 3.27. The van der Waals surface area contributed by atoms with Crippen LogP contribution in [0.25, 0.3) is 0 Å². The minimum absolute atomic E-state index is 0.238. The maximum Gasteiger partial charge on any atom is 0.326 e. The number of carboxylic acids is 1. The molecule has 2 N–H and O–H groups in total. The zero-order valence-electron chi connectivity index (χ0n) is 10.6. The molecule has 1 fully saturated rings. The Morgan fingerprint density at radius 1 is 1.47 bits per heavy atom. The highest BCUT2D eigenvalue weighted by Crippen LogP contribution is 2.20. The van der Waals surface area contributed by atoms with E-state index in [2.05, 4.69) is 12.2 Å². The zero-order chi connectivity index (χ0) is 12.8. The number of rotatable bonds is 5. The van der Waals surface area contributed by atoms with Crippen molar-refractivity contribution in [2.75, 3.05) is 13.1 Å². The molecule has 2 atom stereocenters. The first-order chi connectivity index (χ1) is 8.08. The Morgan fingerprint density at radius 2 is 2.18 bits per heavy atom. The zero-order valence-corrected chi connectivity index (χ0v) is 10.6. The fraction of sp³-hybridized carbons (Fsp3) is 0.833. The lowest BCUT2D eigenvalue weighted by atomic mass is 10.0. The van der Waals surface area contributed by atoms with Gasteiger partial charge in [0.15, 0.2) is 0 Å². The minimum atomic E-state index is -0.967. The Bertz CT molecular complexity index is 281. The molecule has 1 heterocycles. The fourth-order valence-corrected chi connectivity index (χ4v) is 2.24. The quantitative estimate of drug-likeness (QED) is 0.770. The lowest BCUT2D eigenvalue weighted by molar-refractivity contribution is -0.139. The van der Waals surface area contributed by atoms with Crippen LogP contribution in [-0.4, -0.2) is 41.1 Å². The number of carbonyl (C=O) groups excluding carboxylic acids is 1. The molecule has 1 unspecified atom stereocenters. The van der Waals surface area contributed by atoms with Crippen molar-refractivity contribution < 1.29 is 14.7 Å². The average molecular weight is 242 g/mol. The van der Waals surface area contributed by atoms with Crippen LogP contribution in [0.5, 0.6) is 0 Å². The number of amides is 2. The summed E-state index contributed by atoms with van der Waals surface area (Å²) in [7, 11) is 0. The van der Waals surface area contributed by atoms with Crippen molar-refractivity contribution in [3.8, 4) is 0 Å². The lowest BCUT2D eigenvalue weighted by Gasteiger charge is -2.20. The molecule has 2 amide bonds. The molecule has 0 saturated carbocycles. The number of carbonyl (C=O) groups is 2. The number of nitrogens with zero attached hydrogens (tertiary/aromatic N) is 1. The van der Waals surface area contributed by atoms with Gasteiger partial charge in [-0.25, -0.2) is 9.59 Å². The number of nitrogens with one attached hydrogen (secondary N) is 1. The highest BCUT2D eigenvalue weighted by molar-refractivity contribution is 5.82. The topological polar surface area (TPSA) is 69.6 Å². The molecule has 1 aliphatic heterocycles. The average Bonchev–Trinajstić information content (AvgIpc) is 2.74. The second-order valence-electron chi connectivity index (χ2n) is 4.64. The normalized spacial score (nSPS) is 21.3. The smallest absolute Gasteiger partial charge is 0.326 e. The number of aliphatic carboxylic acids is 1. The lowest BCUT2D eigenvalue weighted by Crippen LogP contribution is -2.46. The van der Waals surface area contributed by atoms with Crippen LogP contribution in [0.4, 0.5) is 4.79 Å². The van der Waals surface area contributed by atoms with E-state index in [0.29, 0.717) is 12.3 Å². The summed E-state index contributed by atoms with van der Waals surface area (Å²) in [6, 6.07) is -1.01. The maximum absolute atomic E-state index is 11.8. The van der Waals surface area contributed by atoms with E-state index in [0.717, 1.165) is 32.4 Å². The van der Waals surface area contributed by atoms with E-state index >= 15 is 0 Å². The highest BCUT2D eigenvalue weighted by atomic mass is 16.4. The van der Waals surface area contributed by atoms with Gasteiger partial charge in [-0.15, -0.1) is 0 Å². The number of hydrogen-bond acceptors (Lipinski definition) is 2. The van der Waals surface area contributed by atoms with Crippen molar-refractivity contribution in [1.82, 2.24) is 10.2 Å². The van der Waals surface area contributed by atoms with Gasteiger partial charge in [0.05, 0.1) is 0 Å². The molecule has 1 saturated heterocycles. The molecule has 1 rings (SSSR count). The molecule has 5 heteroatoms. The number of carboxylic acid groups (broad SMARTS) is 1. The van der Waals surface area contributed by atoms with Crippen molar-refractivity contribution in [2.45, 2.75) is 45.6 Å². The van der Waals surface area contributed by atoms with Crippen molar-refractivity contribution in [3.05, 3.63) is 0 Å². The van der Waals surface area contributed by atoms with Crippen LogP contribution in [0.1, 0.15) is 39.5 Å². The Morgan fingerprint density at radius 3 is 2.71 bits per heavy atom. The first-order valence-electron chi connectivity index (χ1n) is 6.36. The van der Waals surface area contributed by atoms with Crippen molar-refractivity contribution in [2.24, 2.45) is 5.92 Å². The predicted octanol–water partition coefficient (Wildman–Crippen LogP) is 1.68. The standard InChI is InChI=1S/C12H22N2O3/c1-3-5-9-6-7-14(8-9)12(17)13-10(4-2)11(15)16/h9-10H,3-8H2,1-2H3,(H,13,17)(H,15,16)/t9?,10-/m1/s1. The van der Waals surface area contributed by atoms with Crippen molar-refractivity contribution in [3.63, 3.8) is 0 Å². The molecule has 0 spiro atoms. The molecular formula is C12H22N2O3. The Balaban J connectivity index is 2.41. The molecule has 5 nitrogen and oxygen atoms in total. The SMILES string of the molecule is CCCC1CCN(C(=O)N[C@H](CC)C(=O)O)C1. The summed E-state index contributed by atoms with van der Waals surface area (Å²) < 4.78 is 0. The monoisotopic (exact) mass is 242 g/mol. The first-order valence-corrected chi connectivity index (χ1v) is 6.36. The highest BCUT2D eigenvalue weighted by Gasteiger charge is 2.27. The fourth-order valence-electron chi connectivity index (χ4n) is 2.24. The summed E-state index contributed by atoms with van der Waals surface area (Å²) >= 11 is 0. The van der Waals surface area contributed by atoms with Crippen LogP contribution < -0.4 is 5.32 Å². The molecular weight excluding hydrogens is 220 g/mol. The summed E-state index contributed by atoms with van der Waals surface area (Å²) in [5, 5.41) is 11.4. The van der Waals surface area contributed by atoms with Crippen LogP contribution in [0.3, 0.4) is 0 Å². The van der Waals surface area contributed by atoms with E-state index < -0.39 is 12.0 Å². The van der Waals surface area contributed by atoms with Gasteiger partial charge < -0.3 is 15.3 Å². The summed E-state index contributed by atoms with van der Waals surface area (Å²) in [5.74, 6) is -0.388. The van der Waals surface area contributed by atoms with Gasteiger partial charge in [0.1, 0.15) is 6.04 Å². The summed E-state index contributed by atoms with van der Waals surface area (Å²) in [4.78, 5) is 24.4. The number of likely N-dealkylation sites (tertiary alicyclic amines) is 1. The predicted molar refractivity (Wildman–Crippen MR) is 64.8 cm³/mol. The minimum Gasteiger partial charge on any atom is -0.480 e. The number of hydrogen-bond donors (Lipinski definition) is 2. The molecule has 98 valence electrons. The summed E-state index contributed by atoms with van der Waals surface area (Å²) in [6.07, 6.45) is 3.71. The molecule has 0 aromatic carbocycles. The second-order valence-corrected chi connectivity index (χ2v) is 4.64. The molecule has 0 aliphatic carbocycles. The number of urea groups is 1. The van der Waals surface area contributed by atoms with Crippen LogP contribution in [0.15, 0.2) is 0 Å². The summed E-state index contributed by atoms with van der Waals surface area (Å²) in [5.41, 5.74) is 0. The van der Waals surface area contributed by atoms with E-state index in [1.54, 1.807) is 11.8 Å². The van der Waals surface area contributed by atoms with Gasteiger partial charge in [0, 0.05) is 13.1 Å². The van der Waals surface area contributed by atoms with Crippen LogP contribution >= 0.6 is 0 Å².